The van der Waals surface area contributed by atoms with Crippen LogP contribution >= 0.6 is 0 Å². The van der Waals surface area contributed by atoms with Gasteiger partial charge in [0.2, 0.25) is 0 Å². The number of anilines is 2. The Labute approximate surface area is 117 Å². The molecule has 2 rings (SSSR count). The predicted molar refractivity (Wildman–Crippen MR) is 78.5 cm³/mol. The number of phenolic OH excluding ortho intramolecular Hbond substituents is 1. The van der Waals surface area contributed by atoms with Crippen LogP contribution in [0.2, 0.25) is 0 Å². The number of ether oxygens (including phenoxy) is 1. The minimum Gasteiger partial charge on any atom is -0.508 e. The topological polar surface area (TPSA) is 70.6 Å². The molecule has 0 spiro atoms. The third kappa shape index (κ3) is 3.20. The Morgan fingerprint density at radius 2 is 1.90 bits per heavy atom. The summed E-state index contributed by atoms with van der Waals surface area (Å²) in [7, 11) is 1.54. The molecule has 0 saturated carbocycles. The van der Waals surface area contributed by atoms with Gasteiger partial charge in [0, 0.05) is 11.8 Å². The lowest BCUT2D eigenvalue weighted by molar-refractivity contribution is 0.262. The molecule has 0 bridgehead atoms. The van der Waals surface area contributed by atoms with Crippen molar-refractivity contribution < 1.29 is 14.6 Å². The highest BCUT2D eigenvalue weighted by Crippen LogP contribution is 2.24. The van der Waals surface area contributed by atoms with Crippen LogP contribution in [0.4, 0.5) is 16.2 Å². The van der Waals surface area contributed by atoms with E-state index in [1.807, 2.05) is 6.07 Å². The minimum atomic E-state index is -0.405. The van der Waals surface area contributed by atoms with Gasteiger partial charge in [0.1, 0.15) is 11.5 Å². The predicted octanol–water partition coefficient (Wildman–Crippen LogP) is 3.35. The molecule has 5 nitrogen and oxygen atoms in total. The van der Waals surface area contributed by atoms with E-state index in [-0.39, 0.29) is 5.75 Å². The van der Waals surface area contributed by atoms with Crippen LogP contribution in [0.3, 0.4) is 0 Å². The highest BCUT2D eigenvalue weighted by molar-refractivity contribution is 6.00. The number of nitrogens with one attached hydrogen (secondary N) is 2. The van der Waals surface area contributed by atoms with E-state index in [9.17, 15) is 9.90 Å². The van der Waals surface area contributed by atoms with Crippen molar-refractivity contribution in [2.75, 3.05) is 17.7 Å². The molecule has 0 fully saturated rings. The van der Waals surface area contributed by atoms with Gasteiger partial charge in [-0.15, -0.1) is 0 Å². The van der Waals surface area contributed by atoms with Gasteiger partial charge in [-0.1, -0.05) is 18.2 Å². The normalized spacial score (nSPS) is 9.90. The van der Waals surface area contributed by atoms with E-state index >= 15 is 0 Å². The Morgan fingerprint density at radius 3 is 2.60 bits per heavy atom. The smallest absolute Gasteiger partial charge is 0.323 e. The molecule has 2 aromatic rings. The van der Waals surface area contributed by atoms with Crippen LogP contribution in [0.25, 0.3) is 0 Å². The SMILES string of the molecule is COc1ccccc1NC(=O)Nc1ccc(C)c(O)c1. The van der Waals surface area contributed by atoms with Crippen LogP contribution in [0.5, 0.6) is 11.5 Å². The van der Waals surface area contributed by atoms with Crippen molar-refractivity contribution >= 4 is 17.4 Å². The fraction of sp³-hybridized carbons (Fsp3) is 0.133. The zero-order chi connectivity index (χ0) is 14.5. The number of urea groups is 1. The van der Waals surface area contributed by atoms with Crippen LogP contribution in [-0.2, 0) is 0 Å². The molecule has 0 unspecified atom stereocenters. The number of hydrogen-bond acceptors (Lipinski definition) is 3. The summed E-state index contributed by atoms with van der Waals surface area (Å²) in [5, 5.41) is 14.9. The number of benzene rings is 2. The quantitative estimate of drug-likeness (QED) is 0.802. The number of phenols is 1. The minimum absolute atomic E-state index is 0.139. The molecule has 0 aliphatic heterocycles. The number of hydrogen-bond donors (Lipinski definition) is 3. The van der Waals surface area contributed by atoms with E-state index in [1.54, 1.807) is 37.3 Å². The van der Waals surface area contributed by atoms with Crippen molar-refractivity contribution in [2.45, 2.75) is 6.92 Å². The molecular weight excluding hydrogens is 256 g/mol. The van der Waals surface area contributed by atoms with E-state index in [1.165, 1.54) is 13.2 Å². The molecule has 104 valence electrons. The third-order valence-electron chi connectivity index (χ3n) is 2.82. The molecule has 0 radical (unpaired) electrons. The number of aromatic hydroxyl groups is 1. The summed E-state index contributed by atoms with van der Waals surface area (Å²) >= 11 is 0. The van der Waals surface area contributed by atoms with E-state index < -0.39 is 6.03 Å². The largest absolute Gasteiger partial charge is 0.508 e. The lowest BCUT2D eigenvalue weighted by Crippen LogP contribution is -2.19. The third-order valence-corrected chi connectivity index (χ3v) is 2.82. The number of amides is 2. The number of rotatable bonds is 3. The molecule has 0 aromatic heterocycles. The Bertz CT molecular complexity index is 626. The highest BCUT2D eigenvalue weighted by Gasteiger charge is 2.07. The maximum absolute atomic E-state index is 11.9. The second-order valence-electron chi connectivity index (χ2n) is 4.28. The summed E-state index contributed by atoms with van der Waals surface area (Å²) in [5.41, 5.74) is 1.84. The molecule has 0 aliphatic carbocycles. The zero-order valence-corrected chi connectivity index (χ0v) is 11.3. The van der Waals surface area contributed by atoms with Gasteiger partial charge < -0.3 is 20.5 Å². The van der Waals surface area contributed by atoms with Gasteiger partial charge in [-0.3, -0.25) is 0 Å². The van der Waals surface area contributed by atoms with E-state index in [0.717, 1.165) is 5.56 Å². The standard InChI is InChI=1S/C15H16N2O3/c1-10-7-8-11(9-13(10)18)16-15(19)17-12-5-3-4-6-14(12)20-2/h3-9,18H,1-2H3,(H2,16,17,19). The molecule has 0 heterocycles. The fourth-order valence-electron chi connectivity index (χ4n) is 1.72. The zero-order valence-electron chi connectivity index (χ0n) is 11.3. The number of carbonyl (C=O) groups is 1. The first kappa shape index (κ1) is 13.7. The van der Waals surface area contributed by atoms with E-state index in [2.05, 4.69) is 10.6 Å². The second kappa shape index (κ2) is 5.97. The Hall–Kier alpha value is -2.69. The lowest BCUT2D eigenvalue weighted by atomic mass is 10.2. The number of aryl methyl sites for hydroxylation is 1. The molecule has 0 aliphatic rings. The van der Waals surface area contributed by atoms with Crippen molar-refractivity contribution in [3.63, 3.8) is 0 Å². The van der Waals surface area contributed by atoms with Crippen molar-refractivity contribution in [3.8, 4) is 11.5 Å². The van der Waals surface area contributed by atoms with Gasteiger partial charge in [0.25, 0.3) is 0 Å². The van der Waals surface area contributed by atoms with Crippen molar-refractivity contribution in [1.82, 2.24) is 0 Å². The average molecular weight is 272 g/mol. The first-order valence-corrected chi connectivity index (χ1v) is 6.11. The van der Waals surface area contributed by atoms with E-state index in [0.29, 0.717) is 17.1 Å². The average Bonchev–Trinajstić information content (AvgIpc) is 2.43. The van der Waals surface area contributed by atoms with Gasteiger partial charge in [-0.05, 0) is 30.7 Å². The molecule has 0 atom stereocenters. The van der Waals surface area contributed by atoms with E-state index in [4.69, 9.17) is 4.74 Å². The first-order valence-electron chi connectivity index (χ1n) is 6.11. The summed E-state index contributed by atoms with van der Waals surface area (Å²) in [5.74, 6) is 0.717. The summed E-state index contributed by atoms with van der Waals surface area (Å²) in [4.78, 5) is 11.9. The molecule has 0 saturated heterocycles. The monoisotopic (exact) mass is 272 g/mol. The summed E-state index contributed by atoms with van der Waals surface area (Å²) in [6, 6.07) is 11.7. The van der Waals surface area contributed by atoms with Gasteiger partial charge in [0.05, 0.1) is 12.8 Å². The fourth-order valence-corrected chi connectivity index (χ4v) is 1.72. The van der Waals surface area contributed by atoms with Crippen LogP contribution in [-0.4, -0.2) is 18.2 Å². The van der Waals surface area contributed by atoms with Crippen LogP contribution in [0, 0.1) is 6.92 Å². The summed E-state index contributed by atoms with van der Waals surface area (Å²) in [6.45, 7) is 1.79. The molecular formula is C15H16N2O3. The summed E-state index contributed by atoms with van der Waals surface area (Å²) < 4.78 is 5.15. The Balaban J connectivity index is 2.07. The van der Waals surface area contributed by atoms with Crippen LogP contribution in [0.15, 0.2) is 42.5 Å². The molecule has 20 heavy (non-hydrogen) atoms. The van der Waals surface area contributed by atoms with Gasteiger partial charge >= 0.3 is 6.03 Å². The maximum atomic E-state index is 11.9. The Morgan fingerprint density at radius 1 is 1.15 bits per heavy atom. The second-order valence-corrected chi connectivity index (χ2v) is 4.28. The number of para-hydroxylation sites is 2. The Kier molecular flexibility index (Phi) is 4.10. The van der Waals surface area contributed by atoms with Crippen LogP contribution in [0.1, 0.15) is 5.56 Å². The maximum Gasteiger partial charge on any atom is 0.323 e. The van der Waals surface area contributed by atoms with Crippen molar-refractivity contribution in [2.24, 2.45) is 0 Å². The molecule has 2 aromatic carbocycles. The number of carbonyl (C=O) groups excluding carboxylic acids is 1. The van der Waals surface area contributed by atoms with Gasteiger partial charge in [0.15, 0.2) is 0 Å². The van der Waals surface area contributed by atoms with Gasteiger partial charge in [-0.2, -0.15) is 0 Å². The highest BCUT2D eigenvalue weighted by atomic mass is 16.5. The molecule has 3 N–H and O–H groups in total. The van der Waals surface area contributed by atoms with Crippen LogP contribution < -0.4 is 15.4 Å². The lowest BCUT2D eigenvalue weighted by Gasteiger charge is -2.11. The number of methoxy groups -OCH3 is 1. The molecule has 5 heteroatoms. The van der Waals surface area contributed by atoms with Crippen molar-refractivity contribution in [1.29, 1.82) is 0 Å². The summed E-state index contributed by atoms with van der Waals surface area (Å²) in [6.07, 6.45) is 0. The van der Waals surface area contributed by atoms with Gasteiger partial charge in [-0.25, -0.2) is 4.79 Å². The molecule has 2 amide bonds. The first-order chi connectivity index (χ1) is 9.60. The van der Waals surface area contributed by atoms with Crippen molar-refractivity contribution in [3.05, 3.63) is 48.0 Å².